The lowest BCUT2D eigenvalue weighted by atomic mass is 10.0. The van der Waals surface area contributed by atoms with E-state index in [0.29, 0.717) is 5.69 Å². The van der Waals surface area contributed by atoms with Gasteiger partial charge in [-0.2, -0.15) is 0 Å². The first kappa shape index (κ1) is 19.3. The molecular weight excluding hydrogens is 390 g/mol. The van der Waals surface area contributed by atoms with Crippen LogP contribution in [0.3, 0.4) is 0 Å². The first-order valence-electron chi connectivity index (χ1n) is 9.28. The minimum Gasteiger partial charge on any atom is -0.483 e. The van der Waals surface area contributed by atoms with Crippen molar-refractivity contribution in [2.75, 3.05) is 11.9 Å². The molecule has 2 aromatic rings. The number of hydrogen-bond acceptors (Lipinski definition) is 6. The molecule has 0 aliphatic carbocycles. The minimum absolute atomic E-state index is 0.000267. The van der Waals surface area contributed by atoms with Gasteiger partial charge in [0, 0.05) is 12.1 Å². The number of amides is 5. The molecule has 0 spiro atoms. The van der Waals surface area contributed by atoms with Gasteiger partial charge in [-0.15, -0.1) is 0 Å². The fourth-order valence-electron chi connectivity index (χ4n) is 3.47. The number of rotatable bonds is 5. The number of benzene rings is 2. The molecule has 0 aromatic heterocycles. The largest absolute Gasteiger partial charge is 0.483 e. The molecule has 1 atom stereocenters. The van der Waals surface area contributed by atoms with Crippen LogP contribution in [0.1, 0.15) is 33.6 Å². The van der Waals surface area contributed by atoms with Gasteiger partial charge in [0.1, 0.15) is 11.8 Å². The number of piperidine rings is 1. The monoisotopic (exact) mass is 407 g/mol. The summed E-state index contributed by atoms with van der Waals surface area (Å²) in [6.07, 6.45) is 0.0959. The number of hydrogen-bond donors (Lipinski definition) is 2. The Morgan fingerprint density at radius 1 is 1.03 bits per heavy atom. The number of carbonyl (C=O) groups is 5. The quantitative estimate of drug-likeness (QED) is 0.716. The maximum absolute atomic E-state index is 12.9. The van der Waals surface area contributed by atoms with Crippen molar-refractivity contribution in [2.24, 2.45) is 0 Å². The van der Waals surface area contributed by atoms with Crippen LogP contribution in [-0.2, 0) is 14.4 Å². The number of imide groups is 2. The van der Waals surface area contributed by atoms with Gasteiger partial charge < -0.3 is 10.1 Å². The molecular formula is C21H17N3O6. The fraction of sp³-hybridized carbons (Fsp3) is 0.190. The number of carbonyl (C=O) groups excluding carboxylic acids is 5. The molecule has 2 aliphatic rings. The van der Waals surface area contributed by atoms with E-state index in [9.17, 15) is 24.0 Å². The van der Waals surface area contributed by atoms with Crippen molar-refractivity contribution in [1.29, 1.82) is 0 Å². The summed E-state index contributed by atoms with van der Waals surface area (Å²) in [4.78, 5) is 62.2. The van der Waals surface area contributed by atoms with E-state index < -0.39 is 35.6 Å². The molecule has 1 saturated heterocycles. The van der Waals surface area contributed by atoms with Gasteiger partial charge in [-0.25, -0.2) is 0 Å². The SMILES string of the molecule is O=C1CCC(N2C(=O)c3cccc(OCC(=O)Nc4ccccc4)c3C2=O)C(=O)N1. The minimum atomic E-state index is -1.07. The average Bonchev–Trinajstić information content (AvgIpc) is 2.98. The van der Waals surface area contributed by atoms with Gasteiger partial charge in [0.2, 0.25) is 11.8 Å². The first-order chi connectivity index (χ1) is 14.5. The predicted octanol–water partition coefficient (Wildman–Crippen LogP) is 1.11. The lowest BCUT2D eigenvalue weighted by Crippen LogP contribution is -2.54. The van der Waals surface area contributed by atoms with E-state index in [2.05, 4.69) is 10.6 Å². The van der Waals surface area contributed by atoms with E-state index >= 15 is 0 Å². The van der Waals surface area contributed by atoms with Crippen LogP contribution in [0.4, 0.5) is 5.69 Å². The molecule has 2 N–H and O–H groups in total. The zero-order valence-electron chi connectivity index (χ0n) is 15.7. The molecule has 0 radical (unpaired) electrons. The molecule has 5 amide bonds. The van der Waals surface area contributed by atoms with Crippen LogP contribution >= 0.6 is 0 Å². The standard InChI is InChI=1S/C21H17N3O6/c25-16-10-9-14(19(27)23-16)24-20(28)13-7-4-8-15(18(13)21(24)29)30-11-17(26)22-12-5-2-1-3-6-12/h1-8,14H,9-11H2,(H,22,26)(H,23,25,27). The zero-order chi connectivity index (χ0) is 21.3. The van der Waals surface area contributed by atoms with Crippen molar-refractivity contribution < 1.29 is 28.7 Å². The molecule has 1 unspecified atom stereocenters. The maximum atomic E-state index is 12.9. The van der Waals surface area contributed by atoms with Gasteiger partial charge in [-0.1, -0.05) is 24.3 Å². The predicted molar refractivity (Wildman–Crippen MR) is 104 cm³/mol. The van der Waals surface area contributed by atoms with Crippen LogP contribution in [0.25, 0.3) is 0 Å². The molecule has 9 heteroatoms. The van der Waals surface area contributed by atoms with Crippen molar-refractivity contribution in [3.8, 4) is 5.75 Å². The van der Waals surface area contributed by atoms with Gasteiger partial charge in [-0.3, -0.25) is 34.2 Å². The Bertz CT molecular complexity index is 1070. The lowest BCUT2D eigenvalue weighted by molar-refractivity contribution is -0.136. The van der Waals surface area contributed by atoms with Gasteiger partial charge in [-0.05, 0) is 30.7 Å². The second-order valence-electron chi connectivity index (χ2n) is 6.83. The van der Waals surface area contributed by atoms with Gasteiger partial charge in [0.25, 0.3) is 17.7 Å². The molecule has 152 valence electrons. The summed E-state index contributed by atoms with van der Waals surface area (Å²) in [5.74, 6) is -2.82. The third kappa shape index (κ3) is 3.52. The van der Waals surface area contributed by atoms with E-state index in [4.69, 9.17) is 4.74 Å². The van der Waals surface area contributed by atoms with Crippen molar-refractivity contribution in [3.05, 3.63) is 59.7 Å². The van der Waals surface area contributed by atoms with E-state index in [1.165, 1.54) is 18.2 Å². The molecule has 30 heavy (non-hydrogen) atoms. The Balaban J connectivity index is 1.51. The summed E-state index contributed by atoms with van der Waals surface area (Å²) < 4.78 is 5.51. The highest BCUT2D eigenvalue weighted by atomic mass is 16.5. The van der Waals surface area contributed by atoms with E-state index in [-0.39, 0.29) is 36.3 Å². The third-order valence-electron chi connectivity index (χ3n) is 4.85. The lowest BCUT2D eigenvalue weighted by Gasteiger charge is -2.27. The van der Waals surface area contributed by atoms with Crippen LogP contribution in [0.5, 0.6) is 5.75 Å². The Kier molecular flexibility index (Phi) is 5.01. The number of nitrogens with one attached hydrogen (secondary N) is 2. The van der Waals surface area contributed by atoms with Crippen molar-refractivity contribution in [1.82, 2.24) is 10.2 Å². The van der Waals surface area contributed by atoms with Crippen LogP contribution in [0.15, 0.2) is 48.5 Å². The summed E-state index contributed by atoms with van der Waals surface area (Å²) in [6, 6.07) is 12.2. The van der Waals surface area contributed by atoms with Gasteiger partial charge in [0.15, 0.2) is 6.61 Å². The Labute approximate surface area is 171 Å². The van der Waals surface area contributed by atoms with E-state index in [1.54, 1.807) is 24.3 Å². The normalized spacial score (nSPS) is 18.1. The Morgan fingerprint density at radius 2 is 1.80 bits per heavy atom. The number of fused-ring (bicyclic) bond motifs is 1. The Morgan fingerprint density at radius 3 is 2.53 bits per heavy atom. The van der Waals surface area contributed by atoms with Crippen molar-refractivity contribution >= 4 is 35.2 Å². The Hall–Kier alpha value is -4.01. The first-order valence-corrected chi connectivity index (χ1v) is 9.28. The third-order valence-corrected chi connectivity index (χ3v) is 4.85. The van der Waals surface area contributed by atoms with Crippen LogP contribution in [0, 0.1) is 0 Å². The summed E-state index contributed by atoms with van der Waals surface area (Å²) in [5.41, 5.74) is 0.685. The van der Waals surface area contributed by atoms with Gasteiger partial charge >= 0.3 is 0 Å². The molecule has 1 fully saturated rings. The van der Waals surface area contributed by atoms with Crippen molar-refractivity contribution in [3.63, 3.8) is 0 Å². The summed E-state index contributed by atoms with van der Waals surface area (Å²) >= 11 is 0. The summed E-state index contributed by atoms with van der Waals surface area (Å²) in [6.45, 7) is -0.370. The summed E-state index contributed by atoms with van der Waals surface area (Å²) in [5, 5.41) is 4.80. The number of nitrogens with zero attached hydrogens (tertiary/aromatic N) is 1. The maximum Gasteiger partial charge on any atom is 0.266 e. The number of ether oxygens (including phenoxy) is 1. The highest BCUT2D eigenvalue weighted by Gasteiger charge is 2.46. The fourth-order valence-corrected chi connectivity index (χ4v) is 3.47. The van der Waals surface area contributed by atoms with Gasteiger partial charge in [0.05, 0.1) is 11.1 Å². The molecule has 2 heterocycles. The smallest absolute Gasteiger partial charge is 0.266 e. The number of anilines is 1. The average molecular weight is 407 g/mol. The van der Waals surface area contributed by atoms with Crippen molar-refractivity contribution in [2.45, 2.75) is 18.9 Å². The second kappa shape index (κ2) is 7.78. The number of para-hydroxylation sites is 1. The highest BCUT2D eigenvalue weighted by molar-refractivity contribution is 6.24. The second-order valence-corrected chi connectivity index (χ2v) is 6.83. The van der Waals surface area contributed by atoms with Crippen LogP contribution < -0.4 is 15.4 Å². The van der Waals surface area contributed by atoms with Crippen LogP contribution in [0.2, 0.25) is 0 Å². The van der Waals surface area contributed by atoms with E-state index in [1.807, 2.05) is 6.07 Å². The highest BCUT2D eigenvalue weighted by Crippen LogP contribution is 2.33. The molecule has 0 bridgehead atoms. The van der Waals surface area contributed by atoms with Crippen LogP contribution in [-0.4, -0.2) is 47.1 Å². The summed E-state index contributed by atoms with van der Waals surface area (Å²) in [7, 11) is 0. The molecule has 2 aliphatic heterocycles. The molecule has 4 rings (SSSR count). The molecule has 2 aromatic carbocycles. The zero-order valence-corrected chi connectivity index (χ0v) is 15.7. The molecule has 0 saturated carbocycles. The molecule has 9 nitrogen and oxygen atoms in total. The van der Waals surface area contributed by atoms with E-state index in [0.717, 1.165) is 4.90 Å². The topological polar surface area (TPSA) is 122 Å².